The highest BCUT2D eigenvalue weighted by molar-refractivity contribution is 7.90. The van der Waals surface area contributed by atoms with Crippen molar-refractivity contribution < 1.29 is 27.5 Å². The molecule has 6 nitrogen and oxygen atoms in total. The molecule has 0 spiro atoms. The van der Waals surface area contributed by atoms with E-state index in [0.717, 1.165) is 6.26 Å². The molecule has 0 fully saturated rings. The number of benzene rings is 1. The number of furan rings is 1. The molecule has 3 rings (SSSR count). The Bertz CT molecular complexity index is 918. The summed E-state index contributed by atoms with van der Waals surface area (Å²) in [5.41, 5.74) is 0.161. The predicted molar refractivity (Wildman–Crippen MR) is 75.8 cm³/mol. The summed E-state index contributed by atoms with van der Waals surface area (Å²) < 4.78 is 28.5. The number of hydrogen-bond acceptors (Lipinski definition) is 6. The van der Waals surface area contributed by atoms with Gasteiger partial charge in [0.1, 0.15) is 11.9 Å². The average molecular weight is 320 g/mol. The van der Waals surface area contributed by atoms with E-state index in [-0.39, 0.29) is 33.1 Å². The highest BCUT2D eigenvalue weighted by atomic mass is 32.2. The van der Waals surface area contributed by atoms with Gasteiger partial charge in [0.15, 0.2) is 21.4 Å². The van der Waals surface area contributed by atoms with E-state index >= 15 is 0 Å². The first kappa shape index (κ1) is 14.7. The van der Waals surface area contributed by atoms with Gasteiger partial charge in [-0.05, 0) is 31.2 Å². The van der Waals surface area contributed by atoms with Gasteiger partial charge in [0.2, 0.25) is 5.78 Å². The third-order valence-electron chi connectivity index (χ3n) is 3.52. The van der Waals surface area contributed by atoms with Crippen molar-refractivity contribution in [2.75, 3.05) is 6.26 Å². The molecule has 0 amide bonds. The first-order valence-electron chi connectivity index (χ1n) is 6.45. The van der Waals surface area contributed by atoms with Crippen LogP contribution in [0.15, 0.2) is 33.6 Å². The second kappa shape index (κ2) is 4.62. The maximum absolute atomic E-state index is 12.5. The molecule has 1 aliphatic carbocycles. The third-order valence-corrected chi connectivity index (χ3v) is 4.63. The van der Waals surface area contributed by atoms with E-state index in [9.17, 15) is 23.1 Å². The van der Waals surface area contributed by atoms with Gasteiger partial charge in [-0.25, -0.2) is 8.42 Å². The van der Waals surface area contributed by atoms with Gasteiger partial charge in [0, 0.05) is 17.4 Å². The average Bonchev–Trinajstić information content (AvgIpc) is 2.89. The van der Waals surface area contributed by atoms with Crippen molar-refractivity contribution in [2.24, 2.45) is 0 Å². The quantitative estimate of drug-likeness (QED) is 0.768. The molecule has 0 bridgehead atoms. The van der Waals surface area contributed by atoms with E-state index < -0.39 is 27.5 Å². The molecule has 22 heavy (non-hydrogen) atoms. The number of aliphatic hydroxyl groups excluding tert-OH is 1. The molecular weight excluding hydrogens is 308 g/mol. The highest BCUT2D eigenvalue weighted by Crippen LogP contribution is 2.32. The number of hydrogen-bond donors (Lipinski definition) is 1. The number of aliphatic hydroxyl groups is 1. The van der Waals surface area contributed by atoms with Crippen LogP contribution in [0.25, 0.3) is 0 Å². The SMILES string of the molecule is C[C@H](O)c1cc2c(o1)C(=O)c1ccc(S(C)(=O)=O)cc1C2=O. The number of rotatable bonds is 2. The number of fused-ring (bicyclic) bond motifs is 2. The molecule has 7 heteroatoms. The Morgan fingerprint density at radius 2 is 1.73 bits per heavy atom. The summed E-state index contributed by atoms with van der Waals surface area (Å²) in [4.78, 5) is 24.8. The molecule has 0 unspecified atom stereocenters. The lowest BCUT2D eigenvalue weighted by Gasteiger charge is -2.13. The highest BCUT2D eigenvalue weighted by Gasteiger charge is 2.34. The summed E-state index contributed by atoms with van der Waals surface area (Å²) in [7, 11) is -3.49. The first-order valence-corrected chi connectivity index (χ1v) is 8.34. The molecule has 0 saturated heterocycles. The number of carbonyl (C=O) groups excluding carboxylic acids is 2. The van der Waals surface area contributed by atoms with Crippen molar-refractivity contribution in [2.45, 2.75) is 17.9 Å². The van der Waals surface area contributed by atoms with Crippen molar-refractivity contribution in [3.8, 4) is 0 Å². The maximum Gasteiger partial charge on any atom is 0.229 e. The van der Waals surface area contributed by atoms with E-state index in [0.29, 0.717) is 0 Å². The van der Waals surface area contributed by atoms with Crippen LogP contribution in [0, 0.1) is 0 Å². The van der Waals surface area contributed by atoms with Crippen LogP contribution < -0.4 is 0 Å². The topological polar surface area (TPSA) is 102 Å². The van der Waals surface area contributed by atoms with Gasteiger partial charge in [-0.1, -0.05) is 0 Å². The molecule has 1 heterocycles. The summed E-state index contributed by atoms with van der Waals surface area (Å²) >= 11 is 0. The smallest absolute Gasteiger partial charge is 0.229 e. The van der Waals surface area contributed by atoms with Crippen LogP contribution in [0.4, 0.5) is 0 Å². The summed E-state index contributed by atoms with van der Waals surface area (Å²) in [6.07, 6.45) is 0.0690. The molecule has 1 aromatic heterocycles. The van der Waals surface area contributed by atoms with Gasteiger partial charge in [0.05, 0.1) is 10.5 Å². The first-order chi connectivity index (χ1) is 10.2. The van der Waals surface area contributed by atoms with Gasteiger partial charge >= 0.3 is 0 Å². The van der Waals surface area contributed by atoms with E-state index in [1.807, 2.05) is 0 Å². The summed E-state index contributed by atoms with van der Waals surface area (Å²) in [6.45, 7) is 1.45. The van der Waals surface area contributed by atoms with Gasteiger partial charge in [-0.15, -0.1) is 0 Å². The van der Waals surface area contributed by atoms with Crippen molar-refractivity contribution in [1.82, 2.24) is 0 Å². The maximum atomic E-state index is 12.5. The molecule has 114 valence electrons. The van der Waals surface area contributed by atoms with Crippen molar-refractivity contribution in [3.63, 3.8) is 0 Å². The summed E-state index contributed by atoms with van der Waals surface area (Å²) in [6, 6.07) is 5.10. The number of ketones is 2. The van der Waals surface area contributed by atoms with Crippen LogP contribution in [0.3, 0.4) is 0 Å². The Morgan fingerprint density at radius 1 is 1.05 bits per heavy atom. The molecule has 2 aromatic rings. The fraction of sp³-hybridized carbons (Fsp3) is 0.200. The predicted octanol–water partition coefficient (Wildman–Crippen LogP) is 1.51. The lowest BCUT2D eigenvalue weighted by molar-refractivity contribution is 0.0953. The van der Waals surface area contributed by atoms with Crippen LogP contribution in [0.5, 0.6) is 0 Å². The van der Waals surface area contributed by atoms with E-state index in [2.05, 4.69) is 0 Å². The Morgan fingerprint density at radius 3 is 2.32 bits per heavy atom. The molecule has 0 aliphatic heterocycles. The minimum Gasteiger partial charge on any atom is -0.454 e. The zero-order valence-corrected chi connectivity index (χ0v) is 12.6. The number of sulfone groups is 1. The third kappa shape index (κ3) is 2.10. The second-order valence-corrected chi connectivity index (χ2v) is 7.22. The minimum atomic E-state index is -3.49. The Hall–Kier alpha value is -2.25. The van der Waals surface area contributed by atoms with E-state index in [1.54, 1.807) is 0 Å². The van der Waals surface area contributed by atoms with Crippen LogP contribution in [0.2, 0.25) is 0 Å². The van der Waals surface area contributed by atoms with Crippen LogP contribution in [0.1, 0.15) is 50.8 Å². The number of carbonyl (C=O) groups is 2. The van der Waals surface area contributed by atoms with E-state index in [1.165, 1.54) is 31.2 Å². The normalized spacial score (nSPS) is 15.4. The lowest BCUT2D eigenvalue weighted by atomic mass is 9.88. The minimum absolute atomic E-state index is 0.0263. The van der Waals surface area contributed by atoms with Crippen LogP contribution in [-0.2, 0) is 9.84 Å². The Kier molecular flexibility index (Phi) is 3.08. The molecular formula is C15H12O6S. The molecule has 1 atom stereocenters. The van der Waals surface area contributed by atoms with Crippen LogP contribution in [-0.4, -0.2) is 31.3 Å². The Balaban J connectivity index is 2.22. The van der Waals surface area contributed by atoms with Gasteiger partial charge in [0.25, 0.3) is 0 Å². The summed E-state index contributed by atoms with van der Waals surface area (Å²) in [5, 5.41) is 9.52. The van der Waals surface area contributed by atoms with Crippen molar-refractivity contribution in [3.05, 3.63) is 52.5 Å². The molecule has 0 radical (unpaired) electrons. The van der Waals surface area contributed by atoms with Crippen molar-refractivity contribution >= 4 is 21.4 Å². The van der Waals surface area contributed by atoms with Gasteiger partial charge in [-0.2, -0.15) is 0 Å². The second-order valence-electron chi connectivity index (χ2n) is 5.21. The molecule has 1 aromatic carbocycles. The summed E-state index contributed by atoms with van der Waals surface area (Å²) in [5.74, 6) is -1.01. The largest absolute Gasteiger partial charge is 0.454 e. The zero-order valence-electron chi connectivity index (χ0n) is 11.8. The zero-order chi connectivity index (χ0) is 16.2. The van der Waals surface area contributed by atoms with Crippen LogP contribution >= 0.6 is 0 Å². The fourth-order valence-corrected chi connectivity index (χ4v) is 3.01. The standard InChI is InChI=1S/C15H12O6S/c1-7(16)12-6-11-13(17)10-5-8(22(2,19)20)3-4-9(10)14(18)15(11)21-12/h3-7,16H,1-2H3/t7-/m0/s1. The molecule has 1 N–H and O–H groups in total. The fourth-order valence-electron chi connectivity index (χ4n) is 2.36. The molecule has 1 aliphatic rings. The Labute approximate surface area is 126 Å². The molecule has 0 saturated carbocycles. The lowest BCUT2D eigenvalue weighted by Crippen LogP contribution is -2.19. The van der Waals surface area contributed by atoms with Gasteiger partial charge in [-0.3, -0.25) is 9.59 Å². The monoisotopic (exact) mass is 320 g/mol. The van der Waals surface area contributed by atoms with Gasteiger partial charge < -0.3 is 9.52 Å². The van der Waals surface area contributed by atoms with E-state index in [4.69, 9.17) is 4.42 Å². The van der Waals surface area contributed by atoms with Crippen molar-refractivity contribution in [1.29, 1.82) is 0 Å².